The highest BCUT2D eigenvalue weighted by molar-refractivity contribution is 5.88. The Balaban J connectivity index is 1.09. The van der Waals surface area contributed by atoms with Gasteiger partial charge in [-0.2, -0.15) is 0 Å². The van der Waals surface area contributed by atoms with Crippen molar-refractivity contribution in [2.45, 2.75) is 93.3 Å². The molecule has 0 aliphatic heterocycles. The van der Waals surface area contributed by atoms with Gasteiger partial charge in [-0.3, -0.25) is 0 Å². The lowest BCUT2D eigenvalue weighted by molar-refractivity contribution is -0.00530. The lowest BCUT2D eigenvalue weighted by Crippen LogP contribution is -2.48. The van der Waals surface area contributed by atoms with Crippen molar-refractivity contribution < 1.29 is 19.7 Å². The molecule has 15 rings (SSSR count). The summed E-state index contributed by atoms with van der Waals surface area (Å²) in [6.45, 7) is 0. The molecular weight excluding hydrogens is 777 g/mol. The fraction of sp³-hybridized carbons (Fsp3) is 0.368. The van der Waals surface area contributed by atoms with E-state index in [9.17, 15) is 10.2 Å². The van der Waals surface area contributed by atoms with E-state index in [0.29, 0.717) is 34.4 Å². The van der Waals surface area contributed by atoms with Gasteiger partial charge in [-0.15, -0.1) is 0 Å². The number of hydrogen-bond donors (Lipinski definition) is 4. The molecule has 0 aromatic heterocycles. The van der Waals surface area contributed by atoms with Gasteiger partial charge in [-0.1, -0.05) is 72.8 Å². The molecule has 6 N–H and O–H groups in total. The van der Waals surface area contributed by atoms with E-state index < -0.39 is 5.41 Å². The normalized spacial score (nSPS) is 30.0. The van der Waals surface area contributed by atoms with Crippen LogP contribution < -0.4 is 20.9 Å². The molecule has 63 heavy (non-hydrogen) atoms. The van der Waals surface area contributed by atoms with Gasteiger partial charge in [0.2, 0.25) is 0 Å². The van der Waals surface area contributed by atoms with E-state index in [0.717, 1.165) is 46.6 Å². The molecule has 6 aromatic carbocycles. The maximum absolute atomic E-state index is 10.8. The van der Waals surface area contributed by atoms with Crippen LogP contribution in [0.1, 0.15) is 110 Å². The Hall–Kier alpha value is -5.88. The summed E-state index contributed by atoms with van der Waals surface area (Å²) in [5.74, 6) is 7.25. The Kier molecular flexibility index (Phi) is 8.11. The second-order valence-electron chi connectivity index (χ2n) is 21.3. The molecule has 318 valence electrons. The number of nitrogens with two attached hydrogens (primary N) is 2. The Morgan fingerprint density at radius 3 is 1.14 bits per heavy atom. The minimum Gasteiger partial charge on any atom is -0.506 e. The quantitative estimate of drug-likeness (QED) is 0.0896. The highest BCUT2D eigenvalue weighted by atomic mass is 16.5. The molecule has 0 unspecified atom stereocenters. The third-order valence-corrected chi connectivity index (χ3v) is 17.5. The molecule has 0 saturated heterocycles. The summed E-state index contributed by atoms with van der Waals surface area (Å²) < 4.78 is 14.0. The van der Waals surface area contributed by atoms with Crippen LogP contribution in [0, 0.1) is 35.5 Å². The second-order valence-corrected chi connectivity index (χ2v) is 21.3. The fourth-order valence-electron chi connectivity index (χ4n) is 15.8. The Morgan fingerprint density at radius 2 is 0.778 bits per heavy atom. The van der Waals surface area contributed by atoms with Crippen molar-refractivity contribution in [3.8, 4) is 45.6 Å². The van der Waals surface area contributed by atoms with Crippen molar-refractivity contribution in [1.29, 1.82) is 0 Å². The zero-order chi connectivity index (χ0) is 42.2. The van der Waals surface area contributed by atoms with Crippen LogP contribution in [0.5, 0.6) is 34.5 Å². The van der Waals surface area contributed by atoms with Crippen LogP contribution in [0.4, 0.5) is 11.4 Å². The second kappa shape index (κ2) is 13.6. The third kappa shape index (κ3) is 5.68. The molecule has 0 spiro atoms. The van der Waals surface area contributed by atoms with Gasteiger partial charge in [0, 0.05) is 23.3 Å². The predicted molar refractivity (Wildman–Crippen MR) is 249 cm³/mol. The van der Waals surface area contributed by atoms with Crippen LogP contribution in [-0.2, 0) is 16.2 Å². The number of aromatic hydroxyl groups is 2. The van der Waals surface area contributed by atoms with Crippen molar-refractivity contribution in [2.75, 3.05) is 11.5 Å². The summed E-state index contributed by atoms with van der Waals surface area (Å²) in [4.78, 5) is 0. The van der Waals surface area contributed by atoms with Crippen molar-refractivity contribution in [1.82, 2.24) is 0 Å². The monoisotopic (exact) mass is 832 g/mol. The molecule has 8 saturated carbocycles. The van der Waals surface area contributed by atoms with E-state index in [4.69, 9.17) is 20.9 Å². The highest BCUT2D eigenvalue weighted by Gasteiger charge is 2.56. The average Bonchev–Trinajstić information content (AvgIpc) is 3.55. The molecule has 6 heteroatoms. The van der Waals surface area contributed by atoms with Gasteiger partial charge in [0.25, 0.3) is 0 Å². The van der Waals surface area contributed by atoms with E-state index in [1.165, 1.54) is 110 Å². The Morgan fingerprint density at radius 1 is 0.413 bits per heavy atom. The molecule has 0 heterocycles. The van der Waals surface area contributed by atoms with Crippen LogP contribution in [0.25, 0.3) is 11.1 Å². The number of anilines is 2. The van der Waals surface area contributed by atoms with E-state index >= 15 is 0 Å². The largest absolute Gasteiger partial charge is 0.506 e. The molecule has 6 nitrogen and oxygen atoms in total. The third-order valence-electron chi connectivity index (χ3n) is 17.5. The number of fused-ring (bicyclic) bond motifs is 3. The van der Waals surface area contributed by atoms with Gasteiger partial charge in [0.1, 0.15) is 34.5 Å². The van der Waals surface area contributed by atoms with Crippen LogP contribution in [0.2, 0.25) is 0 Å². The van der Waals surface area contributed by atoms with Crippen LogP contribution in [0.15, 0.2) is 121 Å². The molecule has 9 aliphatic rings. The number of benzene rings is 6. The Bertz CT molecular complexity index is 2580. The first-order valence-electron chi connectivity index (χ1n) is 23.7. The van der Waals surface area contributed by atoms with E-state index in [-0.39, 0.29) is 22.3 Å². The minimum atomic E-state index is -0.889. The highest BCUT2D eigenvalue weighted by Crippen LogP contribution is 2.66. The molecular formula is C57H56N2O4. The van der Waals surface area contributed by atoms with E-state index in [1.54, 1.807) is 24.3 Å². The number of rotatable bonds is 8. The number of phenols is 2. The first-order chi connectivity index (χ1) is 30.6. The van der Waals surface area contributed by atoms with Gasteiger partial charge in [0.05, 0.1) is 16.8 Å². The lowest BCUT2D eigenvalue weighted by atomic mass is 9.47. The zero-order valence-electron chi connectivity index (χ0n) is 35.9. The van der Waals surface area contributed by atoms with Gasteiger partial charge < -0.3 is 31.2 Å². The summed E-state index contributed by atoms with van der Waals surface area (Å²) >= 11 is 0. The number of para-hydroxylation sites is 2. The predicted octanol–water partition coefficient (Wildman–Crippen LogP) is 13.1. The van der Waals surface area contributed by atoms with Crippen molar-refractivity contribution in [3.63, 3.8) is 0 Å². The molecule has 0 radical (unpaired) electrons. The van der Waals surface area contributed by atoms with E-state index in [2.05, 4.69) is 72.8 Å². The SMILES string of the molecule is Nc1ccc(Oc2ccccc2C2(c3ccccc3Oc3ccc(N)c(O)c3)c3cc(C45CC6CC(CC(C6)C4)C5)ccc3-c3ccc(C45CC6CC(CC(C6)C4)C5)cc32)cc1O. The van der Waals surface area contributed by atoms with E-state index in [1.807, 2.05) is 24.3 Å². The first-order valence-corrected chi connectivity index (χ1v) is 23.7. The molecule has 9 aliphatic carbocycles. The molecule has 8 bridgehead atoms. The number of hydrogen-bond acceptors (Lipinski definition) is 6. The Labute approximate surface area is 370 Å². The number of nitrogen functional groups attached to an aromatic ring is 2. The summed E-state index contributed by atoms with van der Waals surface area (Å²) in [5, 5.41) is 21.6. The summed E-state index contributed by atoms with van der Waals surface area (Å²) in [5.41, 5.74) is 22.2. The summed E-state index contributed by atoms with van der Waals surface area (Å²) in [7, 11) is 0. The van der Waals surface area contributed by atoms with Crippen molar-refractivity contribution in [2.24, 2.45) is 35.5 Å². The maximum Gasteiger partial charge on any atom is 0.142 e. The fourth-order valence-corrected chi connectivity index (χ4v) is 15.8. The smallest absolute Gasteiger partial charge is 0.142 e. The molecule has 8 fully saturated rings. The van der Waals surface area contributed by atoms with Gasteiger partial charge in [-0.25, -0.2) is 0 Å². The van der Waals surface area contributed by atoms with Gasteiger partial charge >= 0.3 is 0 Å². The van der Waals surface area contributed by atoms with Gasteiger partial charge in [0.15, 0.2) is 0 Å². The molecule has 0 amide bonds. The maximum atomic E-state index is 10.8. The minimum absolute atomic E-state index is 0.0119. The van der Waals surface area contributed by atoms with Crippen LogP contribution >= 0.6 is 0 Å². The lowest BCUT2D eigenvalue weighted by Gasteiger charge is -2.57. The summed E-state index contributed by atoms with van der Waals surface area (Å²) in [6, 6.07) is 42.4. The zero-order valence-corrected chi connectivity index (χ0v) is 35.9. The summed E-state index contributed by atoms with van der Waals surface area (Å²) in [6.07, 6.45) is 16.0. The van der Waals surface area contributed by atoms with Crippen LogP contribution in [0.3, 0.4) is 0 Å². The molecule has 6 aromatic rings. The first kappa shape index (κ1) is 37.7. The number of phenolic OH excluding ortho intramolecular Hbond substituents is 2. The average molecular weight is 833 g/mol. The van der Waals surface area contributed by atoms with Crippen LogP contribution in [-0.4, -0.2) is 10.2 Å². The van der Waals surface area contributed by atoms with Gasteiger partial charge in [-0.05, 0) is 193 Å². The standard InChI is InChI=1S/C57H56N2O4/c58-49-15-11-41(25-51(49)60)62-53-7-3-1-5-45(53)57(46-6-2-4-8-54(46)63-42-12-16-50(59)52(61)26-42)47-23-39(55-27-33-17-34(28-55)19-35(18-33)29-55)9-13-43(47)44-14-10-40(24-48(44)57)56-30-36-20-37(31-56)22-38(21-36)32-56/h1-16,23-26,33-38,60-61H,17-22,27-32,58-59H2. The van der Waals surface area contributed by atoms with Crippen molar-refractivity contribution >= 4 is 11.4 Å². The van der Waals surface area contributed by atoms with Crippen molar-refractivity contribution in [3.05, 3.63) is 155 Å². The number of ether oxygens (including phenoxy) is 2. The topological polar surface area (TPSA) is 111 Å². The molecule has 0 atom stereocenters.